The summed E-state index contributed by atoms with van der Waals surface area (Å²) in [5.74, 6) is 1.90. The second-order valence-corrected chi connectivity index (χ2v) is 4.61. The van der Waals surface area contributed by atoms with Crippen LogP contribution in [0, 0.1) is 5.92 Å². The maximum Gasteiger partial charge on any atom is 0.147 e. The highest BCUT2D eigenvalue weighted by molar-refractivity contribution is 6.37. The molecule has 0 fully saturated rings. The summed E-state index contributed by atoms with van der Waals surface area (Å²) in [5, 5.41) is 7.22. The number of aromatic nitrogens is 1. The van der Waals surface area contributed by atoms with Crippen LogP contribution in [0.5, 0.6) is 0 Å². The second-order valence-electron chi connectivity index (χ2n) is 3.79. The van der Waals surface area contributed by atoms with Crippen molar-refractivity contribution < 1.29 is 0 Å². The molecule has 1 rings (SSSR count). The minimum absolute atomic E-state index is 0.529. The maximum atomic E-state index is 6.05. The van der Waals surface area contributed by atoms with Crippen molar-refractivity contribution in [3.8, 4) is 0 Å². The molecule has 1 aromatic rings. The Morgan fingerprint density at radius 3 is 2.50 bits per heavy atom. The van der Waals surface area contributed by atoms with E-state index in [0.29, 0.717) is 27.6 Å². The van der Waals surface area contributed by atoms with Crippen molar-refractivity contribution in [2.75, 3.05) is 24.2 Å². The molecule has 0 bridgehead atoms. The van der Waals surface area contributed by atoms with Gasteiger partial charge in [-0.25, -0.2) is 4.98 Å². The van der Waals surface area contributed by atoms with Crippen molar-refractivity contribution >= 4 is 34.8 Å². The quantitative estimate of drug-likeness (QED) is 0.845. The lowest BCUT2D eigenvalue weighted by atomic mass is 10.1. The Labute approximate surface area is 107 Å². The number of nitrogens with zero attached hydrogens (tertiary/aromatic N) is 1. The third-order valence-electron chi connectivity index (χ3n) is 2.48. The van der Waals surface area contributed by atoms with Crippen LogP contribution in [-0.2, 0) is 0 Å². The van der Waals surface area contributed by atoms with Gasteiger partial charge in [-0.1, -0.05) is 43.5 Å². The van der Waals surface area contributed by atoms with Gasteiger partial charge in [-0.05, 0) is 12.0 Å². The topological polar surface area (TPSA) is 37.0 Å². The molecule has 0 aromatic carbocycles. The van der Waals surface area contributed by atoms with E-state index in [1.165, 1.54) is 0 Å². The van der Waals surface area contributed by atoms with E-state index in [2.05, 4.69) is 29.5 Å². The van der Waals surface area contributed by atoms with Crippen LogP contribution in [0.2, 0.25) is 10.0 Å². The number of hydrogen-bond acceptors (Lipinski definition) is 3. The molecule has 0 saturated carbocycles. The van der Waals surface area contributed by atoms with Crippen LogP contribution in [0.3, 0.4) is 0 Å². The lowest BCUT2D eigenvalue weighted by Crippen LogP contribution is -2.12. The third-order valence-corrected chi connectivity index (χ3v) is 3.06. The molecule has 0 aliphatic heterocycles. The number of hydrogen-bond donors (Lipinski definition) is 2. The first-order valence-electron chi connectivity index (χ1n) is 5.36. The van der Waals surface area contributed by atoms with Gasteiger partial charge in [0.1, 0.15) is 11.6 Å². The molecular weight excluding hydrogens is 245 g/mol. The van der Waals surface area contributed by atoms with Crippen LogP contribution in [0.25, 0.3) is 0 Å². The molecule has 0 radical (unpaired) electrons. The summed E-state index contributed by atoms with van der Waals surface area (Å²) in [4.78, 5) is 4.31. The van der Waals surface area contributed by atoms with Gasteiger partial charge >= 0.3 is 0 Å². The van der Waals surface area contributed by atoms with Gasteiger partial charge in [0.05, 0.1) is 10.0 Å². The fraction of sp³-hybridized carbons (Fsp3) is 0.545. The maximum absolute atomic E-state index is 6.05. The first kappa shape index (κ1) is 13.4. The molecule has 0 amide bonds. The normalized spacial score (nSPS) is 12.3. The van der Waals surface area contributed by atoms with Crippen molar-refractivity contribution in [2.24, 2.45) is 5.92 Å². The Balaban J connectivity index is 2.79. The smallest absolute Gasteiger partial charge is 0.147 e. The molecule has 90 valence electrons. The van der Waals surface area contributed by atoms with Gasteiger partial charge in [0, 0.05) is 13.6 Å². The molecule has 1 unspecified atom stereocenters. The van der Waals surface area contributed by atoms with Crippen molar-refractivity contribution in [3.05, 3.63) is 16.1 Å². The van der Waals surface area contributed by atoms with Gasteiger partial charge in [0.15, 0.2) is 0 Å². The second kappa shape index (κ2) is 6.16. The van der Waals surface area contributed by atoms with E-state index in [1.807, 2.05) is 0 Å². The SMILES string of the molecule is CCC(C)CNc1nc(NC)c(Cl)cc1Cl. The number of rotatable bonds is 5. The van der Waals surface area contributed by atoms with E-state index in [9.17, 15) is 0 Å². The average Bonchev–Trinajstić information content (AvgIpc) is 2.27. The molecule has 16 heavy (non-hydrogen) atoms. The van der Waals surface area contributed by atoms with Gasteiger partial charge in [-0.2, -0.15) is 0 Å². The molecule has 1 aromatic heterocycles. The van der Waals surface area contributed by atoms with Crippen LogP contribution < -0.4 is 10.6 Å². The zero-order valence-electron chi connectivity index (χ0n) is 9.77. The van der Waals surface area contributed by atoms with E-state index in [4.69, 9.17) is 23.2 Å². The molecule has 2 N–H and O–H groups in total. The van der Waals surface area contributed by atoms with Gasteiger partial charge in [0.2, 0.25) is 0 Å². The van der Waals surface area contributed by atoms with Gasteiger partial charge in [0.25, 0.3) is 0 Å². The summed E-state index contributed by atoms with van der Waals surface area (Å²) < 4.78 is 0. The summed E-state index contributed by atoms with van der Waals surface area (Å²) >= 11 is 12.0. The summed E-state index contributed by atoms with van der Waals surface area (Å²) in [6.45, 7) is 5.19. The van der Waals surface area contributed by atoms with E-state index in [-0.39, 0.29) is 0 Å². The van der Waals surface area contributed by atoms with Crippen LogP contribution in [-0.4, -0.2) is 18.6 Å². The van der Waals surface area contributed by atoms with Crippen molar-refractivity contribution in [2.45, 2.75) is 20.3 Å². The summed E-state index contributed by atoms with van der Waals surface area (Å²) in [5.41, 5.74) is 0. The molecule has 1 atom stereocenters. The molecule has 3 nitrogen and oxygen atoms in total. The Bertz CT molecular complexity index is 355. The highest BCUT2D eigenvalue weighted by Crippen LogP contribution is 2.28. The Morgan fingerprint density at radius 2 is 1.94 bits per heavy atom. The van der Waals surface area contributed by atoms with Crippen LogP contribution in [0.4, 0.5) is 11.6 Å². The number of nitrogens with one attached hydrogen (secondary N) is 2. The van der Waals surface area contributed by atoms with Crippen molar-refractivity contribution in [1.29, 1.82) is 0 Å². The standard InChI is InChI=1S/C11H17Cl2N3/c1-4-7(2)6-15-11-9(13)5-8(12)10(14-3)16-11/h5,7H,4,6H2,1-3H3,(H2,14,15,16). The van der Waals surface area contributed by atoms with Crippen LogP contribution >= 0.6 is 23.2 Å². The van der Waals surface area contributed by atoms with Gasteiger partial charge in [-0.3, -0.25) is 0 Å². The van der Waals surface area contributed by atoms with E-state index < -0.39 is 0 Å². The lowest BCUT2D eigenvalue weighted by molar-refractivity contribution is 0.592. The Morgan fingerprint density at radius 1 is 1.31 bits per heavy atom. The minimum atomic E-state index is 0.529. The first-order valence-corrected chi connectivity index (χ1v) is 6.11. The molecule has 0 saturated heterocycles. The summed E-state index contributed by atoms with van der Waals surface area (Å²) in [7, 11) is 1.78. The fourth-order valence-corrected chi connectivity index (χ4v) is 1.70. The number of halogens is 2. The third kappa shape index (κ3) is 3.42. The fourth-order valence-electron chi connectivity index (χ4n) is 1.18. The molecule has 1 heterocycles. The van der Waals surface area contributed by atoms with E-state index in [1.54, 1.807) is 13.1 Å². The number of pyridine rings is 1. The number of anilines is 2. The van der Waals surface area contributed by atoms with Crippen LogP contribution in [0.15, 0.2) is 6.07 Å². The van der Waals surface area contributed by atoms with E-state index >= 15 is 0 Å². The largest absolute Gasteiger partial charge is 0.372 e. The predicted molar refractivity (Wildman–Crippen MR) is 71.7 cm³/mol. The molecule has 0 spiro atoms. The molecular formula is C11H17Cl2N3. The Kier molecular flexibility index (Phi) is 5.16. The lowest BCUT2D eigenvalue weighted by Gasteiger charge is -2.13. The molecule has 0 aliphatic rings. The molecule has 0 aliphatic carbocycles. The highest BCUT2D eigenvalue weighted by atomic mass is 35.5. The predicted octanol–water partition coefficient (Wildman–Crippen LogP) is 3.89. The highest BCUT2D eigenvalue weighted by Gasteiger charge is 2.08. The zero-order chi connectivity index (χ0) is 12.1. The minimum Gasteiger partial charge on any atom is -0.372 e. The van der Waals surface area contributed by atoms with Crippen molar-refractivity contribution in [1.82, 2.24) is 4.98 Å². The van der Waals surface area contributed by atoms with Gasteiger partial charge < -0.3 is 10.6 Å². The van der Waals surface area contributed by atoms with E-state index in [0.717, 1.165) is 13.0 Å². The first-order chi connectivity index (χ1) is 7.58. The molecule has 5 heteroatoms. The van der Waals surface area contributed by atoms with Gasteiger partial charge in [-0.15, -0.1) is 0 Å². The average molecular weight is 262 g/mol. The summed E-state index contributed by atoms with van der Waals surface area (Å²) in [6.07, 6.45) is 1.12. The zero-order valence-corrected chi connectivity index (χ0v) is 11.3. The van der Waals surface area contributed by atoms with Crippen molar-refractivity contribution in [3.63, 3.8) is 0 Å². The monoisotopic (exact) mass is 261 g/mol. The van der Waals surface area contributed by atoms with Crippen LogP contribution in [0.1, 0.15) is 20.3 Å². The Hall–Kier alpha value is -0.670. The summed E-state index contributed by atoms with van der Waals surface area (Å²) in [6, 6.07) is 1.70.